The summed E-state index contributed by atoms with van der Waals surface area (Å²) in [6, 6.07) is 31.4. The Morgan fingerprint density at radius 1 is 0.680 bits per heavy atom. The lowest BCUT2D eigenvalue weighted by Crippen LogP contribution is -2.42. The van der Waals surface area contributed by atoms with E-state index < -0.39 is 4.75 Å². The molecule has 124 valence electrons. The van der Waals surface area contributed by atoms with Crippen molar-refractivity contribution in [2.45, 2.75) is 11.2 Å². The second-order valence-corrected chi connectivity index (χ2v) is 7.35. The molecule has 1 amide bonds. The van der Waals surface area contributed by atoms with Gasteiger partial charge in [-0.1, -0.05) is 91.0 Å². The third kappa shape index (κ3) is 2.85. The van der Waals surface area contributed by atoms with Gasteiger partial charge in [0.1, 0.15) is 4.75 Å². The Morgan fingerprint density at radius 2 is 1.08 bits per heavy atom. The monoisotopic (exact) mass is 345 g/mol. The van der Waals surface area contributed by atoms with Gasteiger partial charge in [0.2, 0.25) is 5.91 Å². The maximum absolute atomic E-state index is 12.1. The highest BCUT2D eigenvalue weighted by Crippen LogP contribution is 2.50. The van der Waals surface area contributed by atoms with Crippen LogP contribution in [0.5, 0.6) is 0 Å². The Labute approximate surface area is 152 Å². The SMILES string of the molecule is O=C1CCN1SC(c1ccccc1)(c1ccccc1)c1ccccc1. The molecule has 3 aromatic rings. The molecule has 1 heterocycles. The summed E-state index contributed by atoms with van der Waals surface area (Å²) >= 11 is 1.63. The van der Waals surface area contributed by atoms with E-state index in [1.165, 1.54) is 16.7 Å². The van der Waals surface area contributed by atoms with Gasteiger partial charge in [0, 0.05) is 13.0 Å². The van der Waals surface area contributed by atoms with E-state index in [9.17, 15) is 4.79 Å². The first-order valence-electron chi connectivity index (χ1n) is 8.47. The molecule has 3 aromatic carbocycles. The first-order valence-corrected chi connectivity index (χ1v) is 9.24. The van der Waals surface area contributed by atoms with Gasteiger partial charge in [-0.15, -0.1) is 0 Å². The summed E-state index contributed by atoms with van der Waals surface area (Å²) in [5.41, 5.74) is 3.53. The highest BCUT2D eigenvalue weighted by atomic mass is 32.2. The fourth-order valence-electron chi connectivity index (χ4n) is 3.23. The molecule has 0 N–H and O–H groups in total. The molecule has 3 heteroatoms. The number of amides is 1. The van der Waals surface area contributed by atoms with Crippen LogP contribution in [0.4, 0.5) is 0 Å². The standard InChI is InChI=1S/C22H19NOS/c24-21-16-17-23(21)25-22(18-10-4-1-5-11-18,19-12-6-2-7-13-19)20-14-8-3-9-15-20/h1-15H,16-17H2. The fourth-order valence-corrected chi connectivity index (χ4v) is 4.66. The molecule has 0 unspecified atom stereocenters. The summed E-state index contributed by atoms with van der Waals surface area (Å²) in [6.45, 7) is 0.803. The predicted octanol–water partition coefficient (Wildman–Crippen LogP) is 4.86. The Morgan fingerprint density at radius 3 is 1.36 bits per heavy atom. The number of rotatable bonds is 5. The van der Waals surface area contributed by atoms with Crippen LogP contribution in [-0.4, -0.2) is 16.8 Å². The predicted molar refractivity (Wildman–Crippen MR) is 103 cm³/mol. The van der Waals surface area contributed by atoms with Crippen molar-refractivity contribution in [2.75, 3.05) is 6.54 Å². The van der Waals surface area contributed by atoms with Crippen molar-refractivity contribution in [1.82, 2.24) is 4.31 Å². The molecule has 1 aliphatic rings. The lowest BCUT2D eigenvalue weighted by atomic mass is 9.84. The van der Waals surface area contributed by atoms with Gasteiger partial charge in [-0.2, -0.15) is 0 Å². The number of hydrogen-bond acceptors (Lipinski definition) is 2. The van der Waals surface area contributed by atoms with E-state index in [2.05, 4.69) is 72.8 Å². The molecule has 0 bridgehead atoms. The van der Waals surface area contributed by atoms with Crippen LogP contribution in [0.25, 0.3) is 0 Å². The normalized spacial score (nSPS) is 14.2. The van der Waals surface area contributed by atoms with Crippen molar-refractivity contribution < 1.29 is 4.79 Å². The first-order chi connectivity index (χ1) is 12.3. The zero-order valence-corrected chi connectivity index (χ0v) is 14.7. The minimum Gasteiger partial charge on any atom is -0.285 e. The topological polar surface area (TPSA) is 20.3 Å². The minimum atomic E-state index is -0.445. The van der Waals surface area contributed by atoms with E-state index in [-0.39, 0.29) is 5.91 Å². The van der Waals surface area contributed by atoms with Gasteiger partial charge < -0.3 is 0 Å². The van der Waals surface area contributed by atoms with Crippen LogP contribution in [-0.2, 0) is 9.54 Å². The van der Waals surface area contributed by atoms with Crippen molar-refractivity contribution >= 4 is 17.9 Å². The van der Waals surface area contributed by atoms with Crippen molar-refractivity contribution in [3.8, 4) is 0 Å². The average molecular weight is 345 g/mol. The van der Waals surface area contributed by atoms with Crippen molar-refractivity contribution in [2.24, 2.45) is 0 Å². The van der Waals surface area contributed by atoms with E-state index in [0.717, 1.165) is 6.54 Å². The molecular weight excluding hydrogens is 326 g/mol. The lowest BCUT2D eigenvalue weighted by Gasteiger charge is -2.41. The summed E-state index contributed by atoms with van der Waals surface area (Å²) in [5.74, 6) is 0.206. The maximum Gasteiger partial charge on any atom is 0.234 e. The third-order valence-corrected chi connectivity index (χ3v) is 6.18. The zero-order chi connectivity index (χ0) is 17.1. The van der Waals surface area contributed by atoms with Crippen molar-refractivity contribution in [3.05, 3.63) is 108 Å². The van der Waals surface area contributed by atoms with Crippen LogP contribution in [0.3, 0.4) is 0 Å². The van der Waals surface area contributed by atoms with Crippen molar-refractivity contribution in [3.63, 3.8) is 0 Å². The van der Waals surface area contributed by atoms with Gasteiger partial charge in [-0.25, -0.2) is 0 Å². The second-order valence-electron chi connectivity index (χ2n) is 6.12. The Balaban J connectivity index is 1.95. The highest BCUT2D eigenvalue weighted by Gasteiger charge is 2.42. The number of carbonyl (C=O) groups excluding carboxylic acids is 1. The number of carbonyl (C=O) groups is 1. The quantitative estimate of drug-likeness (QED) is 0.374. The summed E-state index contributed by atoms with van der Waals surface area (Å²) in [6.07, 6.45) is 0.640. The van der Waals surface area contributed by atoms with Gasteiger partial charge >= 0.3 is 0 Å². The summed E-state index contributed by atoms with van der Waals surface area (Å²) < 4.78 is 1.45. The van der Waals surface area contributed by atoms with Gasteiger partial charge in [0.05, 0.1) is 0 Å². The van der Waals surface area contributed by atoms with Crippen LogP contribution in [0.2, 0.25) is 0 Å². The van der Waals surface area contributed by atoms with Gasteiger partial charge in [-0.05, 0) is 28.6 Å². The van der Waals surface area contributed by atoms with Gasteiger partial charge in [-0.3, -0.25) is 9.10 Å². The molecule has 0 aromatic heterocycles. The van der Waals surface area contributed by atoms with E-state index in [1.807, 2.05) is 22.5 Å². The molecule has 1 fully saturated rings. The lowest BCUT2D eigenvalue weighted by molar-refractivity contribution is -0.132. The molecule has 1 saturated heterocycles. The van der Waals surface area contributed by atoms with Crippen LogP contribution < -0.4 is 0 Å². The molecule has 0 atom stereocenters. The third-order valence-electron chi connectivity index (χ3n) is 4.59. The summed E-state index contributed by atoms with van der Waals surface area (Å²) in [4.78, 5) is 12.1. The van der Waals surface area contributed by atoms with E-state index >= 15 is 0 Å². The maximum atomic E-state index is 12.1. The van der Waals surface area contributed by atoms with Crippen LogP contribution in [0, 0.1) is 0 Å². The van der Waals surface area contributed by atoms with Crippen molar-refractivity contribution in [1.29, 1.82) is 0 Å². The smallest absolute Gasteiger partial charge is 0.234 e. The second kappa shape index (κ2) is 6.77. The largest absolute Gasteiger partial charge is 0.285 e. The summed E-state index contributed by atoms with van der Waals surface area (Å²) in [5, 5.41) is 0. The van der Waals surface area contributed by atoms with E-state index in [4.69, 9.17) is 0 Å². The Kier molecular flexibility index (Phi) is 4.33. The molecule has 25 heavy (non-hydrogen) atoms. The zero-order valence-electron chi connectivity index (χ0n) is 13.8. The molecule has 0 saturated carbocycles. The molecule has 4 rings (SSSR count). The minimum absolute atomic E-state index is 0.206. The molecule has 2 nitrogen and oxygen atoms in total. The molecular formula is C22H19NOS. The van der Waals surface area contributed by atoms with E-state index in [0.29, 0.717) is 6.42 Å². The number of hydrogen-bond donors (Lipinski definition) is 0. The number of nitrogens with zero attached hydrogens (tertiary/aromatic N) is 1. The van der Waals surface area contributed by atoms with Crippen LogP contribution in [0.15, 0.2) is 91.0 Å². The Bertz CT molecular complexity index is 752. The van der Waals surface area contributed by atoms with Gasteiger partial charge in [0.15, 0.2) is 0 Å². The Hall–Kier alpha value is -2.52. The fraction of sp³-hybridized carbons (Fsp3) is 0.136. The molecule has 1 aliphatic heterocycles. The van der Waals surface area contributed by atoms with E-state index in [1.54, 1.807) is 11.9 Å². The molecule has 0 radical (unpaired) electrons. The number of benzene rings is 3. The molecule has 0 spiro atoms. The van der Waals surface area contributed by atoms with Gasteiger partial charge in [0.25, 0.3) is 0 Å². The molecule has 0 aliphatic carbocycles. The number of β-lactam (4-membered cyclic amide) rings is 1. The van der Waals surface area contributed by atoms with Crippen LogP contribution >= 0.6 is 11.9 Å². The first kappa shape index (κ1) is 16.0. The summed E-state index contributed by atoms with van der Waals surface area (Å²) in [7, 11) is 0. The highest BCUT2D eigenvalue weighted by molar-refractivity contribution is 7.99. The van der Waals surface area contributed by atoms with Crippen LogP contribution in [0.1, 0.15) is 23.1 Å². The average Bonchev–Trinajstić information content (AvgIpc) is 2.70.